The molecule has 1 atom stereocenters. The van der Waals surface area contributed by atoms with Crippen molar-refractivity contribution in [3.05, 3.63) is 64.4 Å². The fourth-order valence-electron chi connectivity index (χ4n) is 2.40. The fraction of sp³-hybridized carbons (Fsp3) is 0.176. The normalized spacial score (nSPS) is 12.7. The summed E-state index contributed by atoms with van der Waals surface area (Å²) in [6.07, 6.45) is 0. The van der Waals surface area contributed by atoms with Crippen molar-refractivity contribution < 1.29 is 5.11 Å². The van der Waals surface area contributed by atoms with Gasteiger partial charge in [0.2, 0.25) is 0 Å². The molecule has 0 amide bonds. The molecular weight excluding hydrogens is 266 g/mol. The van der Waals surface area contributed by atoms with E-state index in [-0.39, 0.29) is 6.04 Å². The second-order valence-corrected chi connectivity index (χ2v) is 5.88. The van der Waals surface area contributed by atoms with Crippen LogP contribution < -0.4 is 5.32 Å². The van der Waals surface area contributed by atoms with Crippen LogP contribution in [0.3, 0.4) is 0 Å². The number of hydrogen-bond acceptors (Lipinski definition) is 3. The Hall–Kier alpha value is -1.84. The average Bonchev–Trinajstić information content (AvgIpc) is 3.00. The van der Waals surface area contributed by atoms with Crippen molar-refractivity contribution in [2.24, 2.45) is 0 Å². The first-order valence-electron chi connectivity index (χ1n) is 6.72. The van der Waals surface area contributed by atoms with Gasteiger partial charge < -0.3 is 10.4 Å². The first-order valence-corrected chi connectivity index (χ1v) is 7.60. The van der Waals surface area contributed by atoms with Crippen molar-refractivity contribution in [1.29, 1.82) is 0 Å². The van der Waals surface area contributed by atoms with E-state index in [9.17, 15) is 5.11 Å². The van der Waals surface area contributed by atoms with Crippen molar-refractivity contribution in [3.8, 4) is 5.75 Å². The van der Waals surface area contributed by atoms with Crippen LogP contribution in [0, 0.1) is 0 Å². The second-order valence-electron chi connectivity index (χ2n) is 4.90. The Morgan fingerprint density at radius 1 is 1.10 bits per heavy atom. The Labute approximate surface area is 122 Å². The second kappa shape index (κ2) is 5.65. The van der Waals surface area contributed by atoms with Crippen LogP contribution in [-0.2, 0) is 6.54 Å². The highest BCUT2D eigenvalue weighted by Gasteiger charge is 2.10. The Kier molecular flexibility index (Phi) is 3.72. The van der Waals surface area contributed by atoms with Gasteiger partial charge in [-0.3, -0.25) is 0 Å². The van der Waals surface area contributed by atoms with E-state index in [4.69, 9.17) is 0 Å². The van der Waals surface area contributed by atoms with E-state index < -0.39 is 0 Å². The van der Waals surface area contributed by atoms with E-state index in [0.29, 0.717) is 12.3 Å². The molecule has 102 valence electrons. The number of nitrogens with one attached hydrogen (secondary N) is 1. The van der Waals surface area contributed by atoms with Gasteiger partial charge in [-0.25, -0.2) is 0 Å². The topological polar surface area (TPSA) is 32.3 Å². The van der Waals surface area contributed by atoms with Gasteiger partial charge in [0, 0.05) is 23.0 Å². The molecule has 0 fully saturated rings. The maximum Gasteiger partial charge on any atom is 0.120 e. The van der Waals surface area contributed by atoms with Gasteiger partial charge in [-0.1, -0.05) is 36.4 Å². The number of phenolic OH excluding ortho intramolecular Hbond substituents is 1. The smallest absolute Gasteiger partial charge is 0.120 e. The summed E-state index contributed by atoms with van der Waals surface area (Å²) in [6, 6.07) is 16.4. The third-order valence-corrected chi connectivity index (χ3v) is 4.63. The standard InChI is InChI=1S/C17H17NOS/c1-12(17-7-4-10-20-17)18-11-15-14-6-3-2-5-13(14)8-9-16(15)19/h2-10,12,18-19H,11H2,1H3. The highest BCUT2D eigenvalue weighted by atomic mass is 32.1. The Balaban J connectivity index is 1.85. The highest BCUT2D eigenvalue weighted by Crippen LogP contribution is 2.28. The Morgan fingerprint density at radius 2 is 1.95 bits per heavy atom. The van der Waals surface area contributed by atoms with Gasteiger partial charge >= 0.3 is 0 Å². The number of rotatable bonds is 4. The molecule has 3 aromatic rings. The summed E-state index contributed by atoms with van der Waals surface area (Å²) in [4.78, 5) is 1.31. The van der Waals surface area contributed by atoms with Crippen LogP contribution in [0.5, 0.6) is 5.75 Å². The zero-order chi connectivity index (χ0) is 13.9. The summed E-state index contributed by atoms with van der Waals surface area (Å²) in [7, 11) is 0. The molecule has 0 radical (unpaired) electrons. The van der Waals surface area contributed by atoms with E-state index in [1.54, 1.807) is 17.4 Å². The Morgan fingerprint density at radius 3 is 2.75 bits per heavy atom. The first-order chi connectivity index (χ1) is 9.75. The molecule has 2 aromatic carbocycles. The summed E-state index contributed by atoms with van der Waals surface area (Å²) in [5.74, 6) is 0.356. The summed E-state index contributed by atoms with van der Waals surface area (Å²) in [5, 5.41) is 18.0. The van der Waals surface area contributed by atoms with Crippen LogP contribution in [-0.4, -0.2) is 5.11 Å². The maximum atomic E-state index is 10.1. The van der Waals surface area contributed by atoms with Crippen LogP contribution in [0.1, 0.15) is 23.4 Å². The SMILES string of the molecule is CC(NCc1c(O)ccc2ccccc12)c1cccs1. The summed E-state index contributed by atoms with van der Waals surface area (Å²) >= 11 is 1.75. The number of thiophene rings is 1. The zero-order valence-corrected chi connectivity index (χ0v) is 12.2. The average molecular weight is 283 g/mol. The molecule has 2 N–H and O–H groups in total. The molecule has 0 saturated carbocycles. The molecule has 1 heterocycles. The number of fused-ring (bicyclic) bond motifs is 1. The summed E-state index contributed by atoms with van der Waals surface area (Å²) in [5.41, 5.74) is 0.964. The number of benzene rings is 2. The van der Waals surface area contributed by atoms with Crippen molar-refractivity contribution in [1.82, 2.24) is 5.32 Å². The van der Waals surface area contributed by atoms with Crippen LogP contribution >= 0.6 is 11.3 Å². The van der Waals surface area contributed by atoms with Gasteiger partial charge in [-0.2, -0.15) is 0 Å². The molecule has 2 nitrogen and oxygen atoms in total. The zero-order valence-electron chi connectivity index (χ0n) is 11.3. The minimum atomic E-state index is 0.286. The van der Waals surface area contributed by atoms with Gasteiger partial charge in [0.05, 0.1) is 0 Å². The van der Waals surface area contributed by atoms with Crippen molar-refractivity contribution >= 4 is 22.1 Å². The van der Waals surface area contributed by atoms with Crippen molar-refractivity contribution in [2.45, 2.75) is 19.5 Å². The van der Waals surface area contributed by atoms with Crippen LogP contribution in [0.25, 0.3) is 10.8 Å². The summed E-state index contributed by atoms with van der Waals surface area (Å²) in [6.45, 7) is 2.81. The molecule has 1 unspecified atom stereocenters. The van der Waals surface area contributed by atoms with Gasteiger partial charge in [-0.15, -0.1) is 11.3 Å². The molecule has 0 saturated heterocycles. The lowest BCUT2D eigenvalue weighted by Gasteiger charge is -2.14. The molecule has 0 aliphatic carbocycles. The third-order valence-electron chi connectivity index (χ3n) is 3.57. The molecular formula is C17H17NOS. The van der Waals surface area contributed by atoms with Gasteiger partial charge in [0.25, 0.3) is 0 Å². The van der Waals surface area contributed by atoms with Gasteiger partial charge in [0.15, 0.2) is 0 Å². The van der Waals surface area contributed by atoms with E-state index in [0.717, 1.165) is 16.3 Å². The molecule has 0 aliphatic rings. The van der Waals surface area contributed by atoms with Gasteiger partial charge in [-0.05, 0) is 35.2 Å². The van der Waals surface area contributed by atoms with Gasteiger partial charge in [0.1, 0.15) is 5.75 Å². The van der Waals surface area contributed by atoms with Crippen molar-refractivity contribution in [2.75, 3.05) is 0 Å². The monoisotopic (exact) mass is 283 g/mol. The van der Waals surface area contributed by atoms with Crippen LogP contribution in [0.4, 0.5) is 0 Å². The molecule has 3 heteroatoms. The van der Waals surface area contributed by atoms with E-state index in [1.807, 2.05) is 18.2 Å². The predicted molar refractivity (Wildman–Crippen MR) is 85.2 cm³/mol. The summed E-state index contributed by atoms with van der Waals surface area (Å²) < 4.78 is 0. The lowest BCUT2D eigenvalue weighted by molar-refractivity contribution is 0.462. The number of aromatic hydroxyl groups is 1. The van der Waals surface area contributed by atoms with E-state index in [1.165, 1.54) is 4.88 Å². The lowest BCUT2D eigenvalue weighted by atomic mass is 10.0. The largest absolute Gasteiger partial charge is 0.508 e. The number of hydrogen-bond donors (Lipinski definition) is 2. The molecule has 0 spiro atoms. The molecule has 0 bridgehead atoms. The first kappa shape index (κ1) is 13.2. The quantitative estimate of drug-likeness (QED) is 0.741. The van der Waals surface area contributed by atoms with Crippen molar-refractivity contribution in [3.63, 3.8) is 0 Å². The van der Waals surface area contributed by atoms with E-state index in [2.05, 4.69) is 41.9 Å². The van der Waals surface area contributed by atoms with Crippen LogP contribution in [0.15, 0.2) is 53.9 Å². The maximum absolute atomic E-state index is 10.1. The molecule has 20 heavy (non-hydrogen) atoms. The van der Waals surface area contributed by atoms with Crippen LogP contribution in [0.2, 0.25) is 0 Å². The minimum absolute atomic E-state index is 0.286. The predicted octanol–water partition coefficient (Wildman–Crippen LogP) is 4.46. The Bertz CT molecular complexity index is 706. The molecule has 3 rings (SSSR count). The molecule has 1 aromatic heterocycles. The fourth-order valence-corrected chi connectivity index (χ4v) is 3.16. The number of phenols is 1. The van der Waals surface area contributed by atoms with E-state index >= 15 is 0 Å². The third kappa shape index (κ3) is 2.55. The minimum Gasteiger partial charge on any atom is -0.508 e. The highest BCUT2D eigenvalue weighted by molar-refractivity contribution is 7.10. The molecule has 0 aliphatic heterocycles. The lowest BCUT2D eigenvalue weighted by Crippen LogP contribution is -2.17.